The van der Waals surface area contributed by atoms with Crippen molar-refractivity contribution in [1.82, 2.24) is 0 Å². The Balaban J connectivity index is 4.13. The minimum absolute atomic E-state index is 0.581. The maximum atomic E-state index is 10.4. The van der Waals surface area contributed by atoms with Gasteiger partial charge in [0.05, 0.1) is 6.04 Å². The van der Waals surface area contributed by atoms with Crippen molar-refractivity contribution in [2.45, 2.75) is 19.1 Å². The quantitative estimate of drug-likeness (QED) is 0.566. The Labute approximate surface area is 65.6 Å². The zero-order chi connectivity index (χ0) is 8.85. The Kier molecular flexibility index (Phi) is 4.49. The molecule has 0 aliphatic rings. The Morgan fingerprint density at radius 1 is 1.73 bits per heavy atom. The predicted octanol–water partition coefficient (Wildman–Crippen LogP) is -0.0106. The molecule has 0 rings (SSSR count). The maximum absolute atomic E-state index is 10.4. The fourth-order valence-electron chi connectivity index (χ4n) is 0.746. The molecular weight excluding hydrogens is 146 g/mol. The summed E-state index contributed by atoms with van der Waals surface area (Å²) in [6, 6.07) is -0.581. The van der Waals surface area contributed by atoms with E-state index in [4.69, 9.17) is 10.8 Å². The second-order valence-corrected chi connectivity index (χ2v) is 2.10. The van der Waals surface area contributed by atoms with Crippen LogP contribution < -0.4 is 5.73 Å². The summed E-state index contributed by atoms with van der Waals surface area (Å²) in [5.41, 5.74) is 5.45. The van der Waals surface area contributed by atoms with Crippen molar-refractivity contribution in [3.8, 4) is 0 Å². The summed E-state index contributed by atoms with van der Waals surface area (Å²) in [6.07, 6.45) is 2.33. The van der Waals surface area contributed by atoms with Crippen molar-refractivity contribution in [3.63, 3.8) is 0 Å². The van der Waals surface area contributed by atoms with Crippen molar-refractivity contribution in [1.29, 1.82) is 0 Å². The van der Waals surface area contributed by atoms with E-state index in [0.29, 0.717) is 0 Å². The van der Waals surface area contributed by atoms with Crippen LogP contribution in [-0.2, 0) is 9.53 Å². The Bertz CT molecular complexity index is 156. The van der Waals surface area contributed by atoms with E-state index in [-0.39, 0.29) is 0 Å². The number of allylic oxidation sites excluding steroid dienone is 1. The van der Waals surface area contributed by atoms with Gasteiger partial charge in [-0.3, -0.25) is 0 Å². The lowest BCUT2D eigenvalue weighted by Crippen LogP contribution is -2.40. The lowest BCUT2D eigenvalue weighted by atomic mass is 10.1. The van der Waals surface area contributed by atoms with Gasteiger partial charge in [-0.05, 0) is 6.92 Å². The largest absolute Gasteiger partial charge is 0.479 e. The van der Waals surface area contributed by atoms with Gasteiger partial charge in [-0.15, -0.1) is 0 Å². The fraction of sp³-hybridized carbons (Fsp3) is 0.571. The van der Waals surface area contributed by atoms with Crippen LogP contribution in [0.2, 0.25) is 0 Å². The molecule has 0 aliphatic heterocycles. The SMILES string of the molecule is C/C=C/[C@@H](N)[C@H](OC)C(=O)O. The first-order chi connectivity index (χ1) is 5.13. The molecular formula is C7H13NO3. The van der Waals surface area contributed by atoms with Crippen LogP contribution in [-0.4, -0.2) is 30.3 Å². The van der Waals surface area contributed by atoms with Crippen LogP contribution in [0.25, 0.3) is 0 Å². The molecule has 0 amide bonds. The lowest BCUT2D eigenvalue weighted by Gasteiger charge is -2.14. The first-order valence-electron chi connectivity index (χ1n) is 3.27. The average Bonchev–Trinajstić information content (AvgIpc) is 1.88. The minimum atomic E-state index is -1.04. The van der Waals surface area contributed by atoms with Crippen LogP contribution in [0.3, 0.4) is 0 Å². The third-order valence-electron chi connectivity index (χ3n) is 1.26. The summed E-state index contributed by atoms with van der Waals surface area (Å²) >= 11 is 0. The highest BCUT2D eigenvalue weighted by atomic mass is 16.5. The van der Waals surface area contributed by atoms with Gasteiger partial charge in [0, 0.05) is 7.11 Å². The molecule has 2 atom stereocenters. The van der Waals surface area contributed by atoms with Crippen LogP contribution in [0.4, 0.5) is 0 Å². The van der Waals surface area contributed by atoms with Crippen molar-refractivity contribution in [3.05, 3.63) is 12.2 Å². The second kappa shape index (κ2) is 4.87. The van der Waals surface area contributed by atoms with Gasteiger partial charge < -0.3 is 15.6 Å². The Morgan fingerprint density at radius 3 is 2.55 bits per heavy atom. The van der Waals surface area contributed by atoms with Crippen LogP contribution in [0, 0.1) is 0 Å². The van der Waals surface area contributed by atoms with E-state index in [9.17, 15) is 4.79 Å². The highest BCUT2D eigenvalue weighted by Crippen LogP contribution is 1.97. The standard InChI is InChI=1S/C7H13NO3/c1-3-4-5(8)6(11-2)7(9)10/h3-6H,8H2,1-2H3,(H,9,10)/b4-3+/t5-,6+/m1/s1. The minimum Gasteiger partial charge on any atom is -0.479 e. The molecule has 0 unspecified atom stereocenters. The van der Waals surface area contributed by atoms with E-state index in [1.807, 2.05) is 0 Å². The number of ether oxygens (including phenoxy) is 1. The van der Waals surface area contributed by atoms with Crippen molar-refractivity contribution >= 4 is 5.97 Å². The van der Waals surface area contributed by atoms with E-state index >= 15 is 0 Å². The fourth-order valence-corrected chi connectivity index (χ4v) is 0.746. The summed E-state index contributed by atoms with van der Waals surface area (Å²) in [5.74, 6) is -1.04. The third kappa shape index (κ3) is 3.15. The predicted molar refractivity (Wildman–Crippen MR) is 41.2 cm³/mol. The molecule has 0 aliphatic carbocycles. The van der Waals surface area contributed by atoms with E-state index in [1.54, 1.807) is 19.1 Å². The van der Waals surface area contributed by atoms with E-state index in [1.165, 1.54) is 7.11 Å². The lowest BCUT2D eigenvalue weighted by molar-refractivity contribution is -0.148. The monoisotopic (exact) mass is 159 g/mol. The van der Waals surface area contributed by atoms with Crippen molar-refractivity contribution in [2.24, 2.45) is 5.73 Å². The number of methoxy groups -OCH3 is 1. The first kappa shape index (κ1) is 10.1. The molecule has 0 saturated carbocycles. The molecule has 0 heterocycles. The van der Waals surface area contributed by atoms with Gasteiger partial charge in [-0.2, -0.15) is 0 Å². The first-order valence-corrected chi connectivity index (χ1v) is 3.27. The van der Waals surface area contributed by atoms with Crippen LogP contribution in [0.5, 0.6) is 0 Å². The van der Waals surface area contributed by atoms with Crippen molar-refractivity contribution < 1.29 is 14.6 Å². The Hall–Kier alpha value is -0.870. The molecule has 0 bridgehead atoms. The van der Waals surface area contributed by atoms with Gasteiger partial charge in [-0.25, -0.2) is 4.79 Å². The molecule has 4 heteroatoms. The molecule has 3 N–H and O–H groups in total. The topological polar surface area (TPSA) is 72.5 Å². The van der Waals surface area contributed by atoms with Gasteiger partial charge in [-0.1, -0.05) is 12.2 Å². The number of hydrogen-bond acceptors (Lipinski definition) is 3. The molecule has 0 radical (unpaired) electrons. The molecule has 0 aromatic heterocycles. The van der Waals surface area contributed by atoms with Gasteiger partial charge >= 0.3 is 5.97 Å². The van der Waals surface area contributed by atoms with E-state index in [0.717, 1.165) is 0 Å². The summed E-state index contributed by atoms with van der Waals surface area (Å²) in [5, 5.41) is 8.53. The number of carboxylic acids is 1. The van der Waals surface area contributed by atoms with Crippen LogP contribution in [0.15, 0.2) is 12.2 Å². The Morgan fingerprint density at radius 2 is 2.27 bits per heavy atom. The molecule has 0 spiro atoms. The molecule has 11 heavy (non-hydrogen) atoms. The number of hydrogen-bond donors (Lipinski definition) is 2. The summed E-state index contributed by atoms with van der Waals surface area (Å²) < 4.78 is 4.65. The van der Waals surface area contributed by atoms with E-state index < -0.39 is 18.1 Å². The summed E-state index contributed by atoms with van der Waals surface area (Å²) in [7, 11) is 1.32. The molecule has 4 nitrogen and oxygen atoms in total. The molecule has 64 valence electrons. The highest BCUT2D eigenvalue weighted by molar-refractivity contribution is 5.73. The van der Waals surface area contributed by atoms with Gasteiger partial charge in [0.2, 0.25) is 0 Å². The zero-order valence-electron chi connectivity index (χ0n) is 6.65. The normalized spacial score (nSPS) is 16.6. The third-order valence-corrected chi connectivity index (χ3v) is 1.26. The molecule has 0 aromatic rings. The molecule has 0 saturated heterocycles. The van der Waals surface area contributed by atoms with Crippen LogP contribution >= 0.6 is 0 Å². The number of rotatable bonds is 4. The maximum Gasteiger partial charge on any atom is 0.334 e. The second-order valence-electron chi connectivity index (χ2n) is 2.10. The van der Waals surface area contributed by atoms with Gasteiger partial charge in [0.1, 0.15) is 0 Å². The van der Waals surface area contributed by atoms with Crippen molar-refractivity contribution in [2.75, 3.05) is 7.11 Å². The zero-order valence-corrected chi connectivity index (χ0v) is 6.65. The summed E-state index contributed by atoms with van der Waals surface area (Å²) in [6.45, 7) is 1.77. The number of carboxylic acid groups (broad SMARTS) is 1. The number of aliphatic carboxylic acids is 1. The molecule has 0 fully saturated rings. The molecule has 0 aromatic carbocycles. The van der Waals surface area contributed by atoms with Crippen LogP contribution in [0.1, 0.15) is 6.92 Å². The number of nitrogens with two attached hydrogens (primary N) is 1. The summed E-state index contributed by atoms with van der Waals surface area (Å²) in [4.78, 5) is 10.4. The average molecular weight is 159 g/mol. The van der Waals surface area contributed by atoms with Gasteiger partial charge in [0.15, 0.2) is 6.10 Å². The highest BCUT2D eigenvalue weighted by Gasteiger charge is 2.21. The van der Waals surface area contributed by atoms with E-state index in [2.05, 4.69) is 4.74 Å². The smallest absolute Gasteiger partial charge is 0.334 e. The van der Waals surface area contributed by atoms with Gasteiger partial charge in [0.25, 0.3) is 0 Å². The number of carbonyl (C=O) groups is 1.